The second kappa shape index (κ2) is 11.1. The number of H-pyrrole nitrogens is 2. The molecule has 5 aromatic rings. The lowest BCUT2D eigenvalue weighted by atomic mass is 9.85. The summed E-state index contributed by atoms with van der Waals surface area (Å²) in [5, 5.41) is 25.0. The molecule has 0 aliphatic rings. The molecule has 214 valence electrons. The molecule has 2 heterocycles. The summed E-state index contributed by atoms with van der Waals surface area (Å²) in [6.45, 7) is 5.77. The van der Waals surface area contributed by atoms with Gasteiger partial charge in [-0.05, 0) is 74.9 Å². The number of hydrogen-bond donors (Lipinski definition) is 4. The molecule has 11 heteroatoms. The highest BCUT2D eigenvalue weighted by Crippen LogP contribution is 2.33. The van der Waals surface area contributed by atoms with E-state index in [-0.39, 0.29) is 11.1 Å². The molecular formula is C31H28N4O7. The molecule has 0 bridgehead atoms. The highest BCUT2D eigenvalue weighted by Gasteiger charge is 2.31. The predicted octanol–water partition coefficient (Wildman–Crippen LogP) is 4.24. The van der Waals surface area contributed by atoms with Crippen molar-refractivity contribution in [3.05, 3.63) is 133 Å². The number of carboxylic acids is 2. The first-order valence-corrected chi connectivity index (χ1v) is 13.1. The summed E-state index contributed by atoms with van der Waals surface area (Å²) in [6.07, 6.45) is 0. The number of aromatic nitrogens is 4. The van der Waals surface area contributed by atoms with E-state index in [0.29, 0.717) is 51.8 Å². The molecule has 0 atom stereocenters. The number of carboxylic acid groups (broad SMARTS) is 2. The second-order valence-electron chi connectivity index (χ2n) is 9.73. The largest absolute Gasteiger partial charge is 0.494 e. The minimum absolute atomic E-state index is 0.0178. The normalized spacial score (nSPS) is 11.1. The van der Waals surface area contributed by atoms with Gasteiger partial charge in [-0.1, -0.05) is 24.3 Å². The van der Waals surface area contributed by atoms with Gasteiger partial charge >= 0.3 is 11.9 Å². The van der Waals surface area contributed by atoms with Crippen LogP contribution in [0, 0.1) is 13.8 Å². The van der Waals surface area contributed by atoms with Crippen LogP contribution >= 0.6 is 0 Å². The van der Waals surface area contributed by atoms with Crippen molar-refractivity contribution in [1.82, 2.24) is 19.6 Å². The molecule has 0 amide bonds. The van der Waals surface area contributed by atoms with Gasteiger partial charge in [0.15, 0.2) is 0 Å². The van der Waals surface area contributed by atoms with E-state index >= 15 is 0 Å². The molecule has 4 N–H and O–H groups in total. The Labute approximate surface area is 239 Å². The minimum atomic E-state index is -1.13. The van der Waals surface area contributed by atoms with Crippen molar-refractivity contribution >= 4 is 11.9 Å². The highest BCUT2D eigenvalue weighted by atomic mass is 16.5. The van der Waals surface area contributed by atoms with Crippen LogP contribution < -0.4 is 15.9 Å². The molecule has 0 fully saturated rings. The summed E-state index contributed by atoms with van der Waals surface area (Å²) in [5.41, 5.74) is 2.00. The molecule has 0 aliphatic heterocycles. The van der Waals surface area contributed by atoms with Crippen LogP contribution in [0.1, 0.15) is 61.6 Å². The first-order chi connectivity index (χ1) is 20.1. The summed E-state index contributed by atoms with van der Waals surface area (Å²) in [5.74, 6) is -2.46. The third-order valence-electron chi connectivity index (χ3n) is 7.04. The number of nitrogens with one attached hydrogen (secondary N) is 2. The van der Waals surface area contributed by atoms with Crippen molar-refractivity contribution in [3.63, 3.8) is 0 Å². The van der Waals surface area contributed by atoms with Crippen LogP contribution in [0.5, 0.6) is 5.75 Å². The van der Waals surface area contributed by atoms with E-state index in [4.69, 9.17) is 4.74 Å². The average molecular weight is 569 g/mol. The van der Waals surface area contributed by atoms with Crippen LogP contribution in [0.2, 0.25) is 0 Å². The van der Waals surface area contributed by atoms with Crippen LogP contribution in [0.15, 0.2) is 82.4 Å². The van der Waals surface area contributed by atoms with Crippen molar-refractivity contribution in [1.29, 1.82) is 0 Å². The van der Waals surface area contributed by atoms with Crippen molar-refractivity contribution in [2.45, 2.75) is 26.7 Å². The van der Waals surface area contributed by atoms with Gasteiger partial charge in [-0.25, -0.2) is 19.0 Å². The summed E-state index contributed by atoms with van der Waals surface area (Å²) in [6, 6.07) is 19.1. The topological polar surface area (TPSA) is 159 Å². The Hall–Kier alpha value is -5.58. The lowest BCUT2D eigenvalue weighted by Crippen LogP contribution is -2.25. The SMILES string of the molecule is CCOc1ccc(C(c2c(C)[nH]n(-c3cccc(C(=O)O)c3)c2=O)c2c(C)[nH]n(-c3cccc(C(=O)O)c3)c2=O)cc1. The van der Waals surface area contributed by atoms with E-state index in [2.05, 4.69) is 10.2 Å². The van der Waals surface area contributed by atoms with E-state index in [1.165, 1.54) is 33.6 Å². The summed E-state index contributed by atoms with van der Waals surface area (Å²) in [7, 11) is 0. The van der Waals surface area contributed by atoms with Crippen molar-refractivity contribution < 1.29 is 24.5 Å². The molecule has 3 aromatic carbocycles. The van der Waals surface area contributed by atoms with Crippen molar-refractivity contribution in [2.24, 2.45) is 0 Å². The molecule has 0 saturated carbocycles. The fourth-order valence-corrected chi connectivity index (χ4v) is 5.12. The Bertz CT molecular complexity index is 1810. The van der Waals surface area contributed by atoms with Gasteiger partial charge in [0.05, 0.1) is 40.2 Å². The molecule has 0 unspecified atom stereocenters. The fraction of sp³-hybridized carbons (Fsp3) is 0.161. The second-order valence-corrected chi connectivity index (χ2v) is 9.73. The summed E-state index contributed by atoms with van der Waals surface area (Å²) in [4.78, 5) is 51.2. The lowest BCUT2D eigenvalue weighted by Gasteiger charge is -2.16. The monoisotopic (exact) mass is 568 g/mol. The number of hydrogen-bond acceptors (Lipinski definition) is 5. The highest BCUT2D eigenvalue weighted by molar-refractivity contribution is 5.88. The molecule has 2 aromatic heterocycles. The zero-order chi connectivity index (χ0) is 30.1. The lowest BCUT2D eigenvalue weighted by molar-refractivity contribution is 0.0686. The summed E-state index contributed by atoms with van der Waals surface area (Å²) < 4.78 is 8.11. The molecule has 11 nitrogen and oxygen atoms in total. The van der Waals surface area contributed by atoms with E-state index < -0.39 is 29.0 Å². The standard InChI is InChI=1S/C31H28N4O7/c1-4-42-24-13-11-19(12-14-24)27(25-17(2)32-34(28(25)36)22-9-5-7-20(15-22)30(38)39)26-18(3)33-35(29(26)37)23-10-6-8-21(16-23)31(40)41/h5-16,27,32-33H,4H2,1-3H3,(H,38,39)(H,40,41). The minimum Gasteiger partial charge on any atom is -0.494 e. The van der Waals surface area contributed by atoms with Crippen LogP contribution in [0.25, 0.3) is 11.4 Å². The number of ether oxygens (including phenoxy) is 1. The smallest absolute Gasteiger partial charge is 0.335 e. The van der Waals surface area contributed by atoms with E-state index in [1.807, 2.05) is 6.92 Å². The zero-order valence-corrected chi connectivity index (χ0v) is 23.0. The third kappa shape index (κ3) is 5.03. The summed E-state index contributed by atoms with van der Waals surface area (Å²) >= 11 is 0. The van der Waals surface area contributed by atoms with Crippen LogP contribution in [0.4, 0.5) is 0 Å². The van der Waals surface area contributed by atoms with E-state index in [9.17, 15) is 29.4 Å². The van der Waals surface area contributed by atoms with E-state index in [0.717, 1.165) is 0 Å². The van der Waals surface area contributed by atoms with Gasteiger partial charge in [-0.2, -0.15) is 0 Å². The molecule has 42 heavy (non-hydrogen) atoms. The van der Waals surface area contributed by atoms with E-state index in [1.54, 1.807) is 62.4 Å². The van der Waals surface area contributed by atoms with Gasteiger partial charge in [-0.15, -0.1) is 0 Å². The number of nitrogens with zero attached hydrogens (tertiary/aromatic N) is 2. The first kappa shape index (κ1) is 28.0. The van der Waals surface area contributed by atoms with Crippen molar-refractivity contribution in [2.75, 3.05) is 6.61 Å². The number of aromatic carboxylic acids is 2. The maximum atomic E-state index is 14.0. The van der Waals surface area contributed by atoms with Crippen LogP contribution in [-0.4, -0.2) is 48.3 Å². The van der Waals surface area contributed by atoms with Crippen LogP contribution in [0.3, 0.4) is 0 Å². The molecule has 0 radical (unpaired) electrons. The molecule has 0 saturated heterocycles. The molecule has 5 rings (SSSR count). The third-order valence-corrected chi connectivity index (χ3v) is 7.04. The maximum Gasteiger partial charge on any atom is 0.335 e. The Morgan fingerprint density at radius 3 is 1.62 bits per heavy atom. The number of rotatable bonds is 9. The Morgan fingerprint density at radius 2 is 1.21 bits per heavy atom. The van der Waals surface area contributed by atoms with Gasteiger partial charge in [0, 0.05) is 17.3 Å². The maximum absolute atomic E-state index is 14.0. The molecular weight excluding hydrogens is 540 g/mol. The first-order valence-electron chi connectivity index (χ1n) is 13.1. The number of aromatic amines is 2. The number of benzene rings is 3. The van der Waals surface area contributed by atoms with Gasteiger partial charge in [-0.3, -0.25) is 19.8 Å². The number of aryl methyl sites for hydroxylation is 2. The average Bonchev–Trinajstić information content (AvgIpc) is 3.44. The van der Waals surface area contributed by atoms with Crippen molar-refractivity contribution in [3.8, 4) is 17.1 Å². The Kier molecular flexibility index (Phi) is 7.41. The molecule has 0 aliphatic carbocycles. The van der Waals surface area contributed by atoms with Crippen LogP contribution in [-0.2, 0) is 0 Å². The fourth-order valence-electron chi connectivity index (χ4n) is 5.12. The predicted molar refractivity (Wildman–Crippen MR) is 155 cm³/mol. The Balaban J connectivity index is 1.73. The van der Waals surface area contributed by atoms with Gasteiger partial charge in [0.25, 0.3) is 11.1 Å². The quantitative estimate of drug-likeness (QED) is 0.207. The van der Waals surface area contributed by atoms with Gasteiger partial charge < -0.3 is 14.9 Å². The van der Waals surface area contributed by atoms with Gasteiger partial charge in [0.2, 0.25) is 0 Å². The number of carbonyl (C=O) groups is 2. The van der Waals surface area contributed by atoms with Gasteiger partial charge in [0.1, 0.15) is 5.75 Å². The zero-order valence-electron chi connectivity index (χ0n) is 23.0. The Morgan fingerprint density at radius 1 is 0.762 bits per heavy atom. The molecule has 0 spiro atoms.